The minimum Gasteiger partial charge on any atom is -0.389 e. The van der Waals surface area contributed by atoms with Gasteiger partial charge in [0.05, 0.1) is 24.7 Å². The lowest BCUT2D eigenvalue weighted by molar-refractivity contribution is -0.133. The fraction of sp³-hybridized carbons (Fsp3) is 0.483. The Bertz CT molecular complexity index is 1140. The van der Waals surface area contributed by atoms with E-state index in [1.165, 1.54) is 0 Å². The molecule has 0 spiro atoms. The Morgan fingerprint density at radius 2 is 1.79 bits per heavy atom. The van der Waals surface area contributed by atoms with Crippen LogP contribution in [0.5, 0.6) is 0 Å². The second-order valence-electron chi connectivity index (χ2n) is 10.4. The van der Waals surface area contributed by atoms with E-state index in [-0.39, 0.29) is 43.4 Å². The van der Waals surface area contributed by atoms with Crippen LogP contribution in [0.15, 0.2) is 48.5 Å². The van der Waals surface area contributed by atoms with Gasteiger partial charge in [-0.3, -0.25) is 19.7 Å². The van der Waals surface area contributed by atoms with Crippen LogP contribution < -0.4 is 10.6 Å². The molecule has 0 saturated carbocycles. The molecule has 39 heavy (non-hydrogen) atoms. The van der Waals surface area contributed by atoms with Gasteiger partial charge >= 0.3 is 0 Å². The lowest BCUT2D eigenvalue weighted by atomic mass is 9.95. The Labute approximate surface area is 227 Å². The molecule has 2 aliphatic heterocycles. The predicted octanol–water partition coefficient (Wildman–Crippen LogP) is 2.35. The number of amides is 3. The minimum absolute atomic E-state index is 0.0564. The van der Waals surface area contributed by atoms with Crippen molar-refractivity contribution < 1.29 is 28.3 Å². The molecule has 8 nitrogen and oxygen atoms in total. The molecule has 1 unspecified atom stereocenters. The highest BCUT2D eigenvalue weighted by Gasteiger charge is 2.42. The average molecular weight is 543 g/mol. The Hall–Kier alpha value is -3.37. The summed E-state index contributed by atoms with van der Waals surface area (Å²) >= 11 is 0. The number of rotatable bonds is 12. The van der Waals surface area contributed by atoms with Gasteiger partial charge < -0.3 is 20.2 Å². The Morgan fingerprint density at radius 1 is 1.08 bits per heavy atom. The van der Waals surface area contributed by atoms with Crippen LogP contribution in [0.1, 0.15) is 43.7 Å². The number of halogens is 2. The monoisotopic (exact) mass is 542 g/mol. The fourth-order valence-electron chi connectivity index (χ4n) is 5.26. The number of aliphatic hydroxyl groups excluding tert-OH is 1. The van der Waals surface area contributed by atoms with Gasteiger partial charge in [-0.25, -0.2) is 8.78 Å². The molecule has 3 N–H and O–H groups in total. The van der Waals surface area contributed by atoms with Gasteiger partial charge in [-0.1, -0.05) is 50.1 Å². The molecule has 2 fully saturated rings. The zero-order valence-corrected chi connectivity index (χ0v) is 22.1. The van der Waals surface area contributed by atoms with Crippen molar-refractivity contribution >= 4 is 17.7 Å². The SMILES string of the molecule is CCCCCN1CC(C(=O)N[C@@H](Cc2cc(F)cc(F)c2)[C@H](O)[C@@H]2NCN(Cc3ccccc3)C2=O)CC1=O. The van der Waals surface area contributed by atoms with Gasteiger partial charge in [0.25, 0.3) is 0 Å². The van der Waals surface area contributed by atoms with E-state index in [1.807, 2.05) is 30.3 Å². The first-order chi connectivity index (χ1) is 18.7. The summed E-state index contributed by atoms with van der Waals surface area (Å²) in [4.78, 5) is 42.1. The maximum Gasteiger partial charge on any atom is 0.243 e. The van der Waals surface area contributed by atoms with E-state index in [1.54, 1.807) is 9.80 Å². The molecule has 0 bridgehead atoms. The van der Waals surface area contributed by atoms with E-state index >= 15 is 0 Å². The topological polar surface area (TPSA) is 102 Å². The predicted molar refractivity (Wildman–Crippen MR) is 141 cm³/mol. The van der Waals surface area contributed by atoms with E-state index < -0.39 is 41.6 Å². The van der Waals surface area contributed by atoms with Crippen LogP contribution in [0.4, 0.5) is 8.78 Å². The first-order valence-corrected chi connectivity index (χ1v) is 13.5. The number of hydrogen-bond acceptors (Lipinski definition) is 5. The maximum atomic E-state index is 13.9. The van der Waals surface area contributed by atoms with Gasteiger partial charge in [0.2, 0.25) is 17.7 Å². The van der Waals surface area contributed by atoms with Gasteiger partial charge in [-0.2, -0.15) is 0 Å². The first-order valence-electron chi connectivity index (χ1n) is 13.5. The number of benzene rings is 2. The molecule has 10 heteroatoms. The summed E-state index contributed by atoms with van der Waals surface area (Å²) in [6, 6.07) is 10.4. The summed E-state index contributed by atoms with van der Waals surface area (Å²) in [7, 11) is 0. The Balaban J connectivity index is 1.47. The van der Waals surface area contributed by atoms with E-state index in [4.69, 9.17) is 0 Å². The van der Waals surface area contributed by atoms with Crippen LogP contribution in [0.2, 0.25) is 0 Å². The van der Waals surface area contributed by atoms with Crippen LogP contribution in [-0.4, -0.2) is 70.6 Å². The van der Waals surface area contributed by atoms with Gasteiger partial charge in [0, 0.05) is 32.1 Å². The lowest BCUT2D eigenvalue weighted by Crippen LogP contribution is -2.55. The number of carbonyl (C=O) groups is 3. The van der Waals surface area contributed by atoms with Gasteiger partial charge in [-0.15, -0.1) is 0 Å². The van der Waals surface area contributed by atoms with Crippen molar-refractivity contribution in [3.8, 4) is 0 Å². The molecule has 2 heterocycles. The lowest BCUT2D eigenvalue weighted by Gasteiger charge is -2.29. The van der Waals surface area contributed by atoms with E-state index in [9.17, 15) is 28.3 Å². The summed E-state index contributed by atoms with van der Waals surface area (Å²) < 4.78 is 27.8. The van der Waals surface area contributed by atoms with Crippen molar-refractivity contribution in [2.45, 2.75) is 63.8 Å². The van der Waals surface area contributed by atoms with Crippen LogP contribution in [-0.2, 0) is 27.3 Å². The number of likely N-dealkylation sites (tertiary alicyclic amines) is 1. The number of nitrogens with one attached hydrogen (secondary N) is 2. The average Bonchev–Trinajstić information content (AvgIpc) is 3.45. The quantitative estimate of drug-likeness (QED) is 0.358. The molecule has 2 saturated heterocycles. The number of nitrogens with zero attached hydrogens (tertiary/aromatic N) is 2. The van der Waals surface area contributed by atoms with Gasteiger partial charge in [-0.05, 0) is 36.1 Å². The largest absolute Gasteiger partial charge is 0.389 e. The van der Waals surface area contributed by atoms with Crippen molar-refractivity contribution in [2.24, 2.45) is 5.92 Å². The molecule has 4 atom stereocenters. The maximum absolute atomic E-state index is 13.9. The molecule has 0 aromatic heterocycles. The van der Waals surface area contributed by atoms with Crippen molar-refractivity contribution in [2.75, 3.05) is 19.8 Å². The highest BCUT2D eigenvalue weighted by Crippen LogP contribution is 2.22. The highest BCUT2D eigenvalue weighted by molar-refractivity contribution is 5.89. The van der Waals surface area contributed by atoms with E-state index in [0.29, 0.717) is 13.1 Å². The van der Waals surface area contributed by atoms with Gasteiger partial charge in [0.15, 0.2) is 0 Å². The molecule has 0 radical (unpaired) electrons. The summed E-state index contributed by atoms with van der Waals surface area (Å²) in [5, 5.41) is 17.1. The van der Waals surface area contributed by atoms with Crippen molar-refractivity contribution in [3.05, 3.63) is 71.3 Å². The molecule has 2 aromatic carbocycles. The third-order valence-electron chi connectivity index (χ3n) is 7.37. The molecule has 4 rings (SSSR count). The molecule has 2 aliphatic rings. The van der Waals surface area contributed by atoms with Crippen LogP contribution in [0.25, 0.3) is 0 Å². The number of aliphatic hydroxyl groups is 1. The second kappa shape index (κ2) is 13.1. The second-order valence-corrected chi connectivity index (χ2v) is 10.4. The summed E-state index contributed by atoms with van der Waals surface area (Å²) in [6.07, 6.45) is 1.43. The van der Waals surface area contributed by atoms with Crippen LogP contribution in [0.3, 0.4) is 0 Å². The fourth-order valence-corrected chi connectivity index (χ4v) is 5.26. The van der Waals surface area contributed by atoms with Crippen LogP contribution in [0, 0.1) is 17.6 Å². The first kappa shape index (κ1) is 28.6. The summed E-state index contributed by atoms with van der Waals surface area (Å²) in [5.74, 6) is -3.04. The molecular formula is C29H36F2N4O4. The van der Waals surface area contributed by atoms with Crippen molar-refractivity contribution in [1.82, 2.24) is 20.4 Å². The van der Waals surface area contributed by atoms with Crippen molar-refractivity contribution in [1.29, 1.82) is 0 Å². The number of hydrogen-bond donors (Lipinski definition) is 3. The molecular weight excluding hydrogens is 506 g/mol. The van der Waals surface area contributed by atoms with E-state index in [2.05, 4.69) is 17.6 Å². The third-order valence-corrected chi connectivity index (χ3v) is 7.37. The summed E-state index contributed by atoms with van der Waals surface area (Å²) in [5.41, 5.74) is 1.16. The minimum atomic E-state index is -1.38. The number of carbonyl (C=O) groups excluding carboxylic acids is 3. The van der Waals surface area contributed by atoms with E-state index in [0.717, 1.165) is 43.0 Å². The van der Waals surface area contributed by atoms with Crippen LogP contribution >= 0.6 is 0 Å². The summed E-state index contributed by atoms with van der Waals surface area (Å²) in [6.45, 7) is 3.48. The molecule has 210 valence electrons. The highest BCUT2D eigenvalue weighted by atomic mass is 19.1. The Kier molecular flexibility index (Phi) is 9.63. The zero-order chi connectivity index (χ0) is 27.9. The smallest absolute Gasteiger partial charge is 0.243 e. The molecule has 2 aromatic rings. The number of unbranched alkanes of at least 4 members (excludes halogenated alkanes) is 2. The standard InChI is InChI=1S/C29H36F2N4O4/c1-2-3-7-10-34-17-21(14-25(34)36)28(38)33-24(13-20-11-22(30)15-23(31)12-20)27(37)26-29(39)35(18-32-26)16-19-8-5-4-6-9-19/h4-6,8-9,11-12,15,21,24,26-27,32,37H,2-3,7,10,13-14,16-18H2,1H3,(H,33,38)/t21?,24-,26-,27-/m0/s1. The molecule has 0 aliphatic carbocycles. The zero-order valence-electron chi connectivity index (χ0n) is 22.1. The van der Waals surface area contributed by atoms with Gasteiger partial charge in [0.1, 0.15) is 17.7 Å². The molecule has 3 amide bonds. The Morgan fingerprint density at radius 3 is 2.49 bits per heavy atom. The normalized spacial score (nSPS) is 20.9. The third kappa shape index (κ3) is 7.39. The van der Waals surface area contributed by atoms with Crippen molar-refractivity contribution in [3.63, 3.8) is 0 Å².